The minimum absolute atomic E-state index is 0.0199. The zero-order valence-electron chi connectivity index (χ0n) is 9.84. The van der Waals surface area contributed by atoms with Crippen LogP contribution < -0.4 is 0 Å². The van der Waals surface area contributed by atoms with Crippen LogP contribution in [0.1, 0.15) is 45.4 Å². The van der Waals surface area contributed by atoms with Crippen molar-refractivity contribution < 1.29 is 9.50 Å². The van der Waals surface area contributed by atoms with Gasteiger partial charge in [0.15, 0.2) is 0 Å². The monoisotopic (exact) mass is 217 g/mol. The number of hydrogen-bond donors (Lipinski definition) is 1. The van der Waals surface area contributed by atoms with Crippen molar-refractivity contribution in [2.24, 2.45) is 0 Å². The zero-order valence-corrected chi connectivity index (χ0v) is 9.84. The van der Waals surface area contributed by atoms with Gasteiger partial charge in [0.2, 0.25) is 0 Å². The minimum Gasteiger partial charge on any atom is -0.394 e. The maximum Gasteiger partial charge on any atom is 0.0894 e. The first-order chi connectivity index (χ1) is 7.23. The van der Waals surface area contributed by atoms with Gasteiger partial charge in [0.1, 0.15) is 0 Å². The molecule has 0 aliphatic carbocycles. The van der Waals surface area contributed by atoms with Crippen molar-refractivity contribution in [3.05, 3.63) is 0 Å². The second kappa shape index (κ2) is 6.44. The number of unbranched alkanes of at least 4 members (excludes halogenated alkanes) is 2. The molecule has 0 aromatic rings. The molecule has 1 aliphatic heterocycles. The minimum atomic E-state index is -0.197. The molecule has 0 aromatic heterocycles. The van der Waals surface area contributed by atoms with Crippen LogP contribution in [-0.4, -0.2) is 41.9 Å². The Balaban J connectivity index is 2.30. The summed E-state index contributed by atoms with van der Waals surface area (Å²) in [5, 5.41) is 9.42. The maximum atomic E-state index is 11.9. The van der Waals surface area contributed by atoms with Gasteiger partial charge < -0.3 is 5.11 Å². The second-order valence-electron chi connectivity index (χ2n) is 4.85. The number of hydrogen-bond acceptors (Lipinski definition) is 2. The van der Waals surface area contributed by atoms with Gasteiger partial charge in [-0.1, -0.05) is 6.42 Å². The highest BCUT2D eigenvalue weighted by atomic mass is 19.1. The van der Waals surface area contributed by atoms with Crippen LogP contribution in [0.25, 0.3) is 0 Å². The van der Waals surface area contributed by atoms with Crippen molar-refractivity contribution in [2.75, 3.05) is 26.4 Å². The molecule has 1 saturated heterocycles. The van der Waals surface area contributed by atoms with Gasteiger partial charge in [-0.05, 0) is 52.1 Å². The Morgan fingerprint density at radius 2 is 2.07 bits per heavy atom. The third-order valence-electron chi connectivity index (χ3n) is 3.56. The van der Waals surface area contributed by atoms with Crippen LogP contribution in [0.4, 0.5) is 4.39 Å². The predicted octanol–water partition coefficient (Wildman–Crippen LogP) is 2.36. The zero-order chi connectivity index (χ0) is 11.1. The number of rotatable bonds is 6. The van der Waals surface area contributed by atoms with E-state index in [2.05, 4.69) is 11.8 Å². The second-order valence-corrected chi connectivity index (χ2v) is 4.85. The summed E-state index contributed by atoms with van der Waals surface area (Å²) in [5.41, 5.74) is -0.0199. The third-order valence-corrected chi connectivity index (χ3v) is 3.56. The van der Waals surface area contributed by atoms with Crippen molar-refractivity contribution >= 4 is 0 Å². The van der Waals surface area contributed by atoms with Gasteiger partial charge in [0, 0.05) is 5.54 Å². The lowest BCUT2D eigenvalue weighted by Gasteiger charge is -2.44. The highest BCUT2D eigenvalue weighted by Gasteiger charge is 2.32. The van der Waals surface area contributed by atoms with E-state index in [0.29, 0.717) is 6.42 Å². The average Bonchev–Trinajstić information content (AvgIpc) is 2.27. The Morgan fingerprint density at radius 1 is 1.27 bits per heavy atom. The van der Waals surface area contributed by atoms with E-state index in [4.69, 9.17) is 0 Å². The van der Waals surface area contributed by atoms with Crippen molar-refractivity contribution in [1.29, 1.82) is 0 Å². The molecule has 0 bridgehead atoms. The standard InChI is InChI=1S/C12H24FNO/c1-12(11-15)7-3-6-10-14(12)9-5-2-4-8-13/h15H,2-11H2,1H3/t12-/m1/s1. The highest BCUT2D eigenvalue weighted by molar-refractivity contribution is 4.88. The summed E-state index contributed by atoms with van der Waals surface area (Å²) in [7, 11) is 0. The van der Waals surface area contributed by atoms with Crippen LogP contribution in [0.2, 0.25) is 0 Å². The Bertz CT molecular complexity index is 177. The molecular weight excluding hydrogens is 193 g/mol. The van der Waals surface area contributed by atoms with Gasteiger partial charge in [-0.3, -0.25) is 9.29 Å². The molecule has 3 heteroatoms. The molecule has 90 valence electrons. The first-order valence-corrected chi connectivity index (χ1v) is 6.15. The molecule has 1 N–H and O–H groups in total. The number of halogens is 1. The lowest BCUT2D eigenvalue weighted by Crippen LogP contribution is -2.52. The summed E-state index contributed by atoms with van der Waals surface area (Å²) < 4.78 is 11.9. The number of piperidine rings is 1. The first-order valence-electron chi connectivity index (χ1n) is 6.15. The summed E-state index contributed by atoms with van der Waals surface area (Å²) in [5.74, 6) is 0. The van der Waals surface area contributed by atoms with E-state index < -0.39 is 0 Å². The van der Waals surface area contributed by atoms with Crippen molar-refractivity contribution in [3.8, 4) is 0 Å². The van der Waals surface area contributed by atoms with E-state index in [1.165, 1.54) is 12.8 Å². The van der Waals surface area contributed by atoms with Crippen LogP contribution in [-0.2, 0) is 0 Å². The molecule has 1 fully saturated rings. The van der Waals surface area contributed by atoms with Crippen molar-refractivity contribution in [1.82, 2.24) is 4.90 Å². The summed E-state index contributed by atoms with van der Waals surface area (Å²) in [6, 6.07) is 0. The Morgan fingerprint density at radius 3 is 2.73 bits per heavy atom. The van der Waals surface area contributed by atoms with E-state index in [1.807, 2.05) is 0 Å². The normalized spacial score (nSPS) is 28.2. The van der Waals surface area contributed by atoms with Crippen LogP contribution >= 0.6 is 0 Å². The molecule has 1 rings (SSSR count). The Labute approximate surface area is 92.5 Å². The molecule has 2 nitrogen and oxygen atoms in total. The molecule has 0 aromatic carbocycles. The van der Waals surface area contributed by atoms with E-state index in [9.17, 15) is 9.50 Å². The smallest absolute Gasteiger partial charge is 0.0894 e. The summed E-state index contributed by atoms with van der Waals surface area (Å²) in [4.78, 5) is 2.38. The van der Waals surface area contributed by atoms with E-state index in [1.54, 1.807) is 0 Å². The predicted molar refractivity (Wildman–Crippen MR) is 60.7 cm³/mol. The average molecular weight is 217 g/mol. The fraction of sp³-hybridized carbons (Fsp3) is 1.00. The van der Waals surface area contributed by atoms with Crippen LogP contribution in [0.3, 0.4) is 0 Å². The topological polar surface area (TPSA) is 23.5 Å². The van der Waals surface area contributed by atoms with Crippen LogP contribution in [0.5, 0.6) is 0 Å². The van der Waals surface area contributed by atoms with Gasteiger partial charge in [-0.25, -0.2) is 0 Å². The molecule has 15 heavy (non-hydrogen) atoms. The fourth-order valence-corrected chi connectivity index (χ4v) is 2.37. The number of aliphatic hydroxyl groups excluding tert-OH is 1. The maximum absolute atomic E-state index is 11.9. The van der Waals surface area contributed by atoms with Crippen LogP contribution in [0.15, 0.2) is 0 Å². The van der Waals surface area contributed by atoms with Gasteiger partial charge in [0.05, 0.1) is 13.3 Å². The molecule has 1 heterocycles. The van der Waals surface area contributed by atoms with Gasteiger partial charge in [-0.2, -0.15) is 0 Å². The van der Waals surface area contributed by atoms with E-state index in [0.717, 1.165) is 32.4 Å². The molecule has 0 spiro atoms. The van der Waals surface area contributed by atoms with Gasteiger partial charge in [0.25, 0.3) is 0 Å². The number of alkyl halides is 1. The summed E-state index contributed by atoms with van der Waals surface area (Å²) in [6.07, 6.45) is 6.25. The van der Waals surface area contributed by atoms with Crippen LogP contribution in [0, 0.1) is 0 Å². The van der Waals surface area contributed by atoms with Crippen molar-refractivity contribution in [2.45, 2.75) is 51.0 Å². The number of nitrogens with zero attached hydrogens (tertiary/aromatic N) is 1. The van der Waals surface area contributed by atoms with E-state index in [-0.39, 0.29) is 18.8 Å². The summed E-state index contributed by atoms with van der Waals surface area (Å²) in [6.45, 7) is 4.29. The third kappa shape index (κ3) is 3.72. The first kappa shape index (κ1) is 12.9. The largest absolute Gasteiger partial charge is 0.394 e. The number of aliphatic hydroxyl groups is 1. The fourth-order valence-electron chi connectivity index (χ4n) is 2.37. The Kier molecular flexibility index (Phi) is 5.54. The molecule has 1 aliphatic rings. The number of likely N-dealkylation sites (tertiary alicyclic amines) is 1. The molecule has 0 radical (unpaired) electrons. The summed E-state index contributed by atoms with van der Waals surface area (Å²) >= 11 is 0. The SMILES string of the molecule is C[C@]1(CO)CCCCN1CCCCCF. The quantitative estimate of drug-likeness (QED) is 0.690. The lowest BCUT2D eigenvalue weighted by atomic mass is 9.89. The molecule has 0 saturated carbocycles. The lowest BCUT2D eigenvalue weighted by molar-refractivity contribution is 0.0112. The highest BCUT2D eigenvalue weighted by Crippen LogP contribution is 2.27. The van der Waals surface area contributed by atoms with Gasteiger partial charge >= 0.3 is 0 Å². The van der Waals surface area contributed by atoms with E-state index >= 15 is 0 Å². The Hall–Kier alpha value is -0.150. The van der Waals surface area contributed by atoms with Gasteiger partial charge in [-0.15, -0.1) is 0 Å². The van der Waals surface area contributed by atoms with Crippen molar-refractivity contribution in [3.63, 3.8) is 0 Å². The molecule has 0 unspecified atom stereocenters. The molecular formula is C12H24FNO. The molecule has 1 atom stereocenters. The molecule has 0 amide bonds.